The molecule has 2 atom stereocenters. The van der Waals surface area contributed by atoms with E-state index in [1.165, 1.54) is 18.9 Å². The van der Waals surface area contributed by atoms with Gasteiger partial charge in [0.05, 0.1) is 12.9 Å². The molecule has 7 heteroatoms. The molecule has 20 heavy (non-hydrogen) atoms. The Kier molecular flexibility index (Phi) is 7.00. The maximum absolute atomic E-state index is 11.9. The van der Waals surface area contributed by atoms with E-state index in [9.17, 15) is 9.59 Å². The Morgan fingerprint density at radius 1 is 1.40 bits per heavy atom. The lowest BCUT2D eigenvalue weighted by Crippen LogP contribution is -2.46. The number of methoxy groups -OCH3 is 1. The van der Waals surface area contributed by atoms with Crippen LogP contribution in [0, 0.1) is 5.92 Å². The molecule has 0 radical (unpaired) electrons. The maximum atomic E-state index is 11.9. The molecule has 1 amide bonds. The molecule has 0 fully saturated rings. The lowest BCUT2D eigenvalue weighted by Gasteiger charge is -2.21. The highest BCUT2D eigenvalue weighted by molar-refractivity contribution is 7.99. The van der Waals surface area contributed by atoms with Gasteiger partial charge in [0.25, 0.3) is 0 Å². The van der Waals surface area contributed by atoms with Gasteiger partial charge in [0, 0.05) is 12.4 Å². The quantitative estimate of drug-likeness (QED) is 0.464. The van der Waals surface area contributed by atoms with Crippen LogP contribution in [-0.4, -0.2) is 40.7 Å². The van der Waals surface area contributed by atoms with Gasteiger partial charge in [-0.2, -0.15) is 0 Å². The van der Waals surface area contributed by atoms with E-state index in [0.29, 0.717) is 5.16 Å². The van der Waals surface area contributed by atoms with Gasteiger partial charge >= 0.3 is 5.97 Å². The molecule has 110 valence electrons. The summed E-state index contributed by atoms with van der Waals surface area (Å²) < 4.78 is 4.71. The first-order chi connectivity index (χ1) is 9.58. The summed E-state index contributed by atoms with van der Waals surface area (Å²) in [5, 5.41) is 3.23. The SMILES string of the molecule is CC[C@@H](C)[C@@H](NC(=O)CSc1ncccn1)C(=O)OC. The molecule has 0 unspecified atom stereocenters. The van der Waals surface area contributed by atoms with Crippen molar-refractivity contribution in [2.24, 2.45) is 5.92 Å². The number of esters is 1. The standard InChI is InChI=1S/C13H19N3O3S/c1-4-9(2)11(12(18)19-3)16-10(17)8-20-13-14-6-5-7-15-13/h5-7,9,11H,4,8H2,1-3H3,(H,16,17)/t9-,11-/m1/s1. The molecule has 0 aliphatic rings. The molecule has 0 aromatic carbocycles. The molecule has 0 aliphatic heterocycles. The third-order valence-corrected chi connectivity index (χ3v) is 3.73. The lowest BCUT2D eigenvalue weighted by molar-refractivity contribution is -0.146. The van der Waals surface area contributed by atoms with Crippen molar-refractivity contribution >= 4 is 23.6 Å². The summed E-state index contributed by atoms with van der Waals surface area (Å²) in [6.07, 6.45) is 4.00. The zero-order valence-electron chi connectivity index (χ0n) is 11.8. The van der Waals surface area contributed by atoms with Crippen LogP contribution in [-0.2, 0) is 14.3 Å². The monoisotopic (exact) mass is 297 g/mol. The predicted octanol–water partition coefficient (Wildman–Crippen LogP) is 1.27. The van der Waals surface area contributed by atoms with Crippen LogP contribution < -0.4 is 5.32 Å². The fourth-order valence-corrected chi connectivity index (χ4v) is 2.12. The van der Waals surface area contributed by atoms with Gasteiger partial charge in [-0.15, -0.1) is 0 Å². The van der Waals surface area contributed by atoms with Crippen LogP contribution in [0.2, 0.25) is 0 Å². The van der Waals surface area contributed by atoms with Crippen molar-refractivity contribution in [3.63, 3.8) is 0 Å². The van der Waals surface area contributed by atoms with Crippen LogP contribution in [0.5, 0.6) is 0 Å². The zero-order chi connectivity index (χ0) is 15.0. The molecule has 0 saturated heterocycles. The minimum atomic E-state index is -0.616. The average molecular weight is 297 g/mol. The Bertz CT molecular complexity index is 442. The Labute approximate surface area is 122 Å². The minimum absolute atomic E-state index is 0.0179. The molecule has 0 bridgehead atoms. The molecule has 1 rings (SSSR count). The highest BCUT2D eigenvalue weighted by Crippen LogP contribution is 2.12. The number of hydrogen-bond acceptors (Lipinski definition) is 6. The Morgan fingerprint density at radius 2 is 2.05 bits per heavy atom. The van der Waals surface area contributed by atoms with Crippen molar-refractivity contribution in [3.8, 4) is 0 Å². The first kappa shape index (κ1) is 16.4. The van der Waals surface area contributed by atoms with Crippen molar-refractivity contribution in [2.75, 3.05) is 12.9 Å². The van der Waals surface area contributed by atoms with Crippen LogP contribution in [0.25, 0.3) is 0 Å². The second kappa shape index (κ2) is 8.52. The second-order valence-corrected chi connectivity index (χ2v) is 5.22. The molecule has 1 heterocycles. The summed E-state index contributed by atoms with van der Waals surface area (Å²) in [6, 6.07) is 1.09. The van der Waals surface area contributed by atoms with E-state index < -0.39 is 12.0 Å². The van der Waals surface area contributed by atoms with Crippen molar-refractivity contribution in [1.82, 2.24) is 15.3 Å². The van der Waals surface area contributed by atoms with E-state index in [1.54, 1.807) is 18.5 Å². The molecule has 1 N–H and O–H groups in total. The first-order valence-electron chi connectivity index (χ1n) is 6.35. The van der Waals surface area contributed by atoms with Crippen molar-refractivity contribution in [3.05, 3.63) is 18.5 Å². The second-order valence-electron chi connectivity index (χ2n) is 4.27. The number of aromatic nitrogens is 2. The summed E-state index contributed by atoms with van der Waals surface area (Å²) in [5.74, 6) is -0.482. The van der Waals surface area contributed by atoms with Gasteiger partial charge < -0.3 is 10.1 Å². The van der Waals surface area contributed by atoms with Crippen molar-refractivity contribution in [2.45, 2.75) is 31.5 Å². The molecule has 0 aliphatic carbocycles. The van der Waals surface area contributed by atoms with Gasteiger partial charge in [-0.25, -0.2) is 14.8 Å². The lowest BCUT2D eigenvalue weighted by atomic mass is 9.99. The van der Waals surface area contributed by atoms with E-state index >= 15 is 0 Å². The molecule has 0 spiro atoms. The number of amides is 1. The minimum Gasteiger partial charge on any atom is -0.467 e. The van der Waals surface area contributed by atoms with Crippen LogP contribution in [0.15, 0.2) is 23.6 Å². The smallest absolute Gasteiger partial charge is 0.328 e. The van der Waals surface area contributed by atoms with Gasteiger partial charge in [0.15, 0.2) is 5.16 Å². The Hall–Kier alpha value is -1.63. The summed E-state index contributed by atoms with van der Waals surface area (Å²) >= 11 is 1.22. The molecule has 0 saturated carbocycles. The number of carbonyl (C=O) groups excluding carboxylic acids is 2. The highest BCUT2D eigenvalue weighted by atomic mass is 32.2. The van der Waals surface area contributed by atoms with Crippen molar-refractivity contribution < 1.29 is 14.3 Å². The van der Waals surface area contributed by atoms with E-state index in [1.807, 2.05) is 13.8 Å². The molecule has 1 aromatic heterocycles. The Balaban J connectivity index is 2.51. The number of hydrogen-bond donors (Lipinski definition) is 1. The zero-order valence-corrected chi connectivity index (χ0v) is 12.6. The van der Waals surface area contributed by atoms with E-state index in [2.05, 4.69) is 15.3 Å². The third-order valence-electron chi connectivity index (χ3n) is 2.86. The molecular weight excluding hydrogens is 278 g/mol. The molecule has 6 nitrogen and oxygen atoms in total. The molecular formula is C13H19N3O3S. The van der Waals surface area contributed by atoms with Gasteiger partial charge in [-0.1, -0.05) is 32.0 Å². The van der Waals surface area contributed by atoms with E-state index in [4.69, 9.17) is 4.74 Å². The number of thioether (sulfide) groups is 1. The number of rotatable bonds is 7. The Morgan fingerprint density at radius 3 is 2.60 bits per heavy atom. The van der Waals surface area contributed by atoms with Crippen LogP contribution in [0.4, 0.5) is 0 Å². The summed E-state index contributed by atoms with van der Waals surface area (Å²) in [6.45, 7) is 3.86. The average Bonchev–Trinajstić information content (AvgIpc) is 2.50. The predicted molar refractivity (Wildman–Crippen MR) is 76.2 cm³/mol. The van der Waals surface area contributed by atoms with E-state index in [0.717, 1.165) is 6.42 Å². The van der Waals surface area contributed by atoms with Crippen LogP contribution >= 0.6 is 11.8 Å². The van der Waals surface area contributed by atoms with Gasteiger partial charge in [-0.05, 0) is 12.0 Å². The topological polar surface area (TPSA) is 81.2 Å². The van der Waals surface area contributed by atoms with Gasteiger partial charge in [-0.3, -0.25) is 4.79 Å². The number of carbonyl (C=O) groups is 2. The fraction of sp³-hybridized carbons (Fsp3) is 0.538. The van der Waals surface area contributed by atoms with E-state index in [-0.39, 0.29) is 17.6 Å². The van der Waals surface area contributed by atoms with Gasteiger partial charge in [0.1, 0.15) is 6.04 Å². The summed E-state index contributed by atoms with van der Waals surface area (Å²) in [4.78, 5) is 31.6. The first-order valence-corrected chi connectivity index (χ1v) is 7.34. The maximum Gasteiger partial charge on any atom is 0.328 e. The van der Waals surface area contributed by atoms with Crippen LogP contribution in [0.3, 0.4) is 0 Å². The number of nitrogens with one attached hydrogen (secondary N) is 1. The number of ether oxygens (including phenoxy) is 1. The summed E-state index contributed by atoms with van der Waals surface area (Å²) in [7, 11) is 1.32. The van der Waals surface area contributed by atoms with Crippen LogP contribution in [0.1, 0.15) is 20.3 Å². The summed E-state index contributed by atoms with van der Waals surface area (Å²) in [5.41, 5.74) is 0. The molecule has 1 aromatic rings. The third kappa shape index (κ3) is 5.16. The normalized spacial score (nSPS) is 13.3. The highest BCUT2D eigenvalue weighted by Gasteiger charge is 2.26. The van der Waals surface area contributed by atoms with Crippen molar-refractivity contribution in [1.29, 1.82) is 0 Å². The largest absolute Gasteiger partial charge is 0.467 e. The fourth-order valence-electron chi connectivity index (χ4n) is 1.50. The number of nitrogens with zero attached hydrogens (tertiary/aromatic N) is 2. The van der Waals surface area contributed by atoms with Gasteiger partial charge in [0.2, 0.25) is 5.91 Å².